The molecule has 4 aromatic rings. The van der Waals surface area contributed by atoms with Crippen LogP contribution >= 0.6 is 0 Å². The van der Waals surface area contributed by atoms with Crippen LogP contribution in [0.2, 0.25) is 0 Å². The van der Waals surface area contributed by atoms with E-state index in [4.69, 9.17) is 9.72 Å². The second kappa shape index (κ2) is 9.72. The van der Waals surface area contributed by atoms with Gasteiger partial charge in [0, 0.05) is 31.1 Å². The smallest absolute Gasteiger partial charge is 0.227 e. The van der Waals surface area contributed by atoms with Crippen LogP contribution in [0.15, 0.2) is 72.8 Å². The van der Waals surface area contributed by atoms with Crippen molar-refractivity contribution in [3.8, 4) is 5.75 Å². The number of ether oxygens (including phenoxy) is 1. The third kappa shape index (κ3) is 4.69. The fourth-order valence-corrected chi connectivity index (χ4v) is 4.83. The van der Waals surface area contributed by atoms with Gasteiger partial charge in [0.15, 0.2) is 0 Å². The lowest BCUT2D eigenvalue weighted by molar-refractivity contribution is -0.117. The van der Waals surface area contributed by atoms with Crippen molar-refractivity contribution in [2.75, 3.05) is 18.1 Å². The van der Waals surface area contributed by atoms with Crippen LogP contribution in [0.4, 0.5) is 5.69 Å². The van der Waals surface area contributed by atoms with Gasteiger partial charge >= 0.3 is 0 Å². The summed E-state index contributed by atoms with van der Waals surface area (Å²) in [5.74, 6) is 2.20. The average Bonchev–Trinajstić information content (AvgIpc) is 3.39. The predicted octanol–water partition coefficient (Wildman–Crippen LogP) is 6.03. The summed E-state index contributed by atoms with van der Waals surface area (Å²) < 4.78 is 8.25. The Kier molecular flexibility index (Phi) is 6.35. The number of hydrogen-bond acceptors (Lipinski definition) is 3. The summed E-state index contributed by atoms with van der Waals surface area (Å²) >= 11 is 0. The maximum atomic E-state index is 12.9. The first-order chi connectivity index (χ1) is 16.6. The minimum Gasteiger partial charge on any atom is -0.494 e. The first kappa shape index (κ1) is 22.2. The molecule has 0 N–H and O–H groups in total. The molecule has 174 valence electrons. The van der Waals surface area contributed by atoms with Crippen LogP contribution in [0.25, 0.3) is 11.0 Å². The van der Waals surface area contributed by atoms with Gasteiger partial charge in [-0.25, -0.2) is 4.98 Å². The molecule has 0 bridgehead atoms. The molecule has 5 rings (SSSR count). The lowest BCUT2D eigenvalue weighted by Crippen LogP contribution is -2.24. The van der Waals surface area contributed by atoms with E-state index in [1.54, 1.807) is 0 Å². The molecule has 0 saturated carbocycles. The summed E-state index contributed by atoms with van der Waals surface area (Å²) in [5.41, 5.74) is 5.48. The minimum atomic E-state index is 0.0870. The van der Waals surface area contributed by atoms with Crippen LogP contribution in [0, 0.1) is 13.8 Å². The molecule has 0 spiro atoms. The first-order valence-corrected chi connectivity index (χ1v) is 12.1. The van der Waals surface area contributed by atoms with E-state index in [1.165, 1.54) is 5.56 Å². The Morgan fingerprint density at radius 3 is 2.56 bits per heavy atom. The van der Waals surface area contributed by atoms with Crippen molar-refractivity contribution in [3.05, 3.63) is 89.7 Å². The van der Waals surface area contributed by atoms with E-state index in [-0.39, 0.29) is 11.8 Å². The van der Waals surface area contributed by atoms with Crippen molar-refractivity contribution in [1.82, 2.24) is 9.55 Å². The van der Waals surface area contributed by atoms with E-state index in [0.29, 0.717) is 19.6 Å². The van der Waals surface area contributed by atoms with E-state index < -0.39 is 0 Å². The van der Waals surface area contributed by atoms with Crippen molar-refractivity contribution in [3.63, 3.8) is 0 Å². The molecule has 5 heteroatoms. The number of fused-ring (bicyclic) bond motifs is 1. The quantitative estimate of drug-likeness (QED) is 0.306. The van der Waals surface area contributed by atoms with Gasteiger partial charge in [-0.1, -0.05) is 36.4 Å². The van der Waals surface area contributed by atoms with Crippen LogP contribution in [-0.4, -0.2) is 28.6 Å². The van der Waals surface area contributed by atoms with E-state index in [0.717, 1.165) is 53.2 Å². The molecular weight excluding hydrogens is 422 g/mol. The minimum absolute atomic E-state index is 0.0870. The Morgan fingerprint density at radius 2 is 1.74 bits per heavy atom. The molecule has 34 heavy (non-hydrogen) atoms. The highest BCUT2D eigenvalue weighted by molar-refractivity contribution is 5.96. The van der Waals surface area contributed by atoms with Crippen LogP contribution < -0.4 is 9.64 Å². The molecule has 0 radical (unpaired) electrons. The first-order valence-electron chi connectivity index (χ1n) is 12.1. The molecule has 1 fully saturated rings. The van der Waals surface area contributed by atoms with E-state index in [9.17, 15) is 4.79 Å². The van der Waals surface area contributed by atoms with Gasteiger partial charge in [0.05, 0.1) is 17.6 Å². The predicted molar refractivity (Wildman–Crippen MR) is 137 cm³/mol. The maximum Gasteiger partial charge on any atom is 0.227 e. The zero-order valence-electron chi connectivity index (χ0n) is 19.9. The van der Waals surface area contributed by atoms with Crippen LogP contribution in [0.3, 0.4) is 0 Å². The number of anilines is 1. The highest BCUT2D eigenvalue weighted by Crippen LogP contribution is 2.33. The zero-order chi connectivity index (χ0) is 23.5. The number of nitrogens with zero attached hydrogens (tertiary/aromatic N) is 3. The number of hydrogen-bond donors (Lipinski definition) is 0. The summed E-state index contributed by atoms with van der Waals surface area (Å²) in [7, 11) is 0. The number of carbonyl (C=O) groups excluding carboxylic acids is 1. The Bertz CT molecular complexity index is 1310. The number of para-hydroxylation sites is 2. The number of aryl methyl sites for hydroxylation is 3. The third-order valence-electron chi connectivity index (χ3n) is 6.52. The molecular formula is C29H31N3O2. The van der Waals surface area contributed by atoms with Gasteiger partial charge in [-0.15, -0.1) is 0 Å². The van der Waals surface area contributed by atoms with Crippen LogP contribution in [-0.2, 0) is 11.3 Å². The topological polar surface area (TPSA) is 47.4 Å². The van der Waals surface area contributed by atoms with Crippen molar-refractivity contribution < 1.29 is 9.53 Å². The van der Waals surface area contributed by atoms with E-state index >= 15 is 0 Å². The van der Waals surface area contributed by atoms with Crippen LogP contribution in [0.5, 0.6) is 5.75 Å². The van der Waals surface area contributed by atoms with E-state index in [1.807, 2.05) is 35.2 Å². The van der Waals surface area contributed by atoms with Crippen LogP contribution in [0.1, 0.15) is 42.1 Å². The average molecular weight is 454 g/mol. The molecule has 0 aliphatic carbocycles. The SMILES string of the molecule is Cc1cccc(OCCCCn2c(C3CC(=O)N(c4cccc(C)c4)C3)nc3ccccc32)c1. The molecule has 1 aromatic heterocycles. The monoisotopic (exact) mass is 453 g/mol. The molecule has 1 amide bonds. The molecule has 3 aromatic carbocycles. The van der Waals surface area contributed by atoms with Crippen molar-refractivity contribution >= 4 is 22.6 Å². The van der Waals surface area contributed by atoms with Gasteiger partial charge in [0.2, 0.25) is 5.91 Å². The number of rotatable bonds is 8. The normalized spacial score (nSPS) is 15.9. The number of benzene rings is 3. The Labute approximate surface area is 201 Å². The number of carbonyl (C=O) groups is 1. The molecule has 1 saturated heterocycles. The second-order valence-corrected chi connectivity index (χ2v) is 9.23. The largest absolute Gasteiger partial charge is 0.494 e. The molecule has 5 nitrogen and oxygen atoms in total. The van der Waals surface area contributed by atoms with Gasteiger partial charge in [-0.2, -0.15) is 0 Å². The molecule has 1 atom stereocenters. The standard InChI is InChI=1S/C29H31N3O2/c1-21-9-7-11-24(17-21)32-20-23(19-28(32)33)29-30-26-13-3-4-14-27(26)31(29)15-5-6-16-34-25-12-8-10-22(2)18-25/h3-4,7-14,17-18,23H,5-6,15-16,19-20H2,1-2H3. The van der Waals surface area contributed by atoms with Crippen molar-refractivity contribution in [2.24, 2.45) is 0 Å². The van der Waals surface area contributed by atoms with E-state index in [2.05, 4.69) is 60.9 Å². The fraction of sp³-hybridized carbons (Fsp3) is 0.310. The van der Waals surface area contributed by atoms with Gasteiger partial charge < -0.3 is 14.2 Å². The van der Waals surface area contributed by atoms with Gasteiger partial charge in [-0.05, 0) is 74.2 Å². The van der Waals surface area contributed by atoms with Gasteiger partial charge in [-0.3, -0.25) is 4.79 Å². The number of imidazole rings is 1. The van der Waals surface area contributed by atoms with Crippen molar-refractivity contribution in [2.45, 2.75) is 45.6 Å². The summed E-state index contributed by atoms with van der Waals surface area (Å²) in [6.07, 6.45) is 2.44. The molecule has 2 heterocycles. The zero-order valence-corrected chi connectivity index (χ0v) is 19.9. The second-order valence-electron chi connectivity index (χ2n) is 9.23. The molecule has 1 aliphatic heterocycles. The Balaban J connectivity index is 1.30. The lowest BCUT2D eigenvalue weighted by Gasteiger charge is -2.18. The summed E-state index contributed by atoms with van der Waals surface area (Å²) in [5, 5.41) is 0. The number of amides is 1. The van der Waals surface area contributed by atoms with Crippen molar-refractivity contribution in [1.29, 1.82) is 0 Å². The lowest BCUT2D eigenvalue weighted by atomic mass is 10.1. The highest BCUT2D eigenvalue weighted by atomic mass is 16.5. The summed E-state index contributed by atoms with van der Waals surface area (Å²) in [4.78, 5) is 19.8. The van der Waals surface area contributed by atoms with Gasteiger partial charge in [0.1, 0.15) is 11.6 Å². The summed E-state index contributed by atoms with van der Waals surface area (Å²) in [6.45, 7) is 6.36. The number of unbranched alkanes of at least 4 members (excludes halogenated alkanes) is 1. The Morgan fingerprint density at radius 1 is 0.941 bits per heavy atom. The number of aromatic nitrogens is 2. The Hall–Kier alpha value is -3.60. The third-order valence-corrected chi connectivity index (χ3v) is 6.52. The molecule has 1 aliphatic rings. The molecule has 1 unspecified atom stereocenters. The highest BCUT2D eigenvalue weighted by Gasteiger charge is 2.34. The maximum absolute atomic E-state index is 12.9. The van der Waals surface area contributed by atoms with Gasteiger partial charge in [0.25, 0.3) is 0 Å². The summed E-state index contributed by atoms with van der Waals surface area (Å²) in [6, 6.07) is 24.6. The fourth-order valence-electron chi connectivity index (χ4n) is 4.83.